The van der Waals surface area contributed by atoms with Gasteiger partial charge in [0.2, 0.25) is 5.91 Å². The zero-order valence-corrected chi connectivity index (χ0v) is 10.9. The molecule has 0 aromatic carbocycles. The second kappa shape index (κ2) is 5.67. The van der Waals surface area contributed by atoms with E-state index in [0.717, 1.165) is 19.3 Å². The molecule has 1 saturated carbocycles. The fraction of sp³-hybridized carbons (Fsp3) is 0.923. The fourth-order valence-corrected chi connectivity index (χ4v) is 2.28. The van der Waals surface area contributed by atoms with Crippen LogP contribution in [0.1, 0.15) is 59.3 Å². The Hall–Kier alpha value is -0.570. The number of nitrogens with two attached hydrogens (primary N) is 1. The van der Waals surface area contributed by atoms with Gasteiger partial charge >= 0.3 is 0 Å². The van der Waals surface area contributed by atoms with E-state index in [0.29, 0.717) is 12.3 Å². The highest BCUT2D eigenvalue weighted by Crippen LogP contribution is 2.31. The van der Waals surface area contributed by atoms with E-state index in [2.05, 4.69) is 26.1 Å². The summed E-state index contributed by atoms with van der Waals surface area (Å²) < 4.78 is 0. The van der Waals surface area contributed by atoms with Crippen molar-refractivity contribution in [2.24, 2.45) is 11.7 Å². The number of hydrogen-bond donors (Lipinski definition) is 2. The number of carbonyl (C=O) groups excluding carboxylic acids is 1. The summed E-state index contributed by atoms with van der Waals surface area (Å²) in [5.41, 5.74) is 5.85. The maximum atomic E-state index is 11.7. The minimum Gasteiger partial charge on any atom is -0.354 e. The van der Waals surface area contributed by atoms with Crippen molar-refractivity contribution in [3.8, 4) is 0 Å². The number of hydrogen-bond acceptors (Lipinski definition) is 2. The molecule has 94 valence electrons. The van der Waals surface area contributed by atoms with E-state index in [-0.39, 0.29) is 17.5 Å². The van der Waals surface area contributed by atoms with E-state index in [1.807, 2.05) is 0 Å². The fourth-order valence-electron chi connectivity index (χ4n) is 2.28. The van der Waals surface area contributed by atoms with Crippen molar-refractivity contribution in [1.82, 2.24) is 5.32 Å². The third kappa shape index (κ3) is 4.12. The molecule has 0 aromatic rings. The number of nitrogens with one attached hydrogen (secondary N) is 1. The van der Waals surface area contributed by atoms with E-state index in [1.165, 1.54) is 12.8 Å². The Bertz CT molecular complexity index is 236. The van der Waals surface area contributed by atoms with Crippen molar-refractivity contribution < 1.29 is 4.79 Å². The SMILES string of the molecule is CCC(C)CC(C)NC(=O)CC1(N)CCC1. The molecule has 0 radical (unpaired) electrons. The van der Waals surface area contributed by atoms with Crippen molar-refractivity contribution >= 4 is 5.91 Å². The highest BCUT2D eigenvalue weighted by atomic mass is 16.1. The monoisotopic (exact) mass is 226 g/mol. The van der Waals surface area contributed by atoms with Crippen LogP contribution >= 0.6 is 0 Å². The first-order valence-electron chi connectivity index (χ1n) is 6.53. The van der Waals surface area contributed by atoms with Crippen LogP contribution in [-0.2, 0) is 4.79 Å². The summed E-state index contributed by atoms with van der Waals surface area (Å²) in [5.74, 6) is 0.795. The number of amides is 1. The van der Waals surface area contributed by atoms with Crippen molar-refractivity contribution in [2.75, 3.05) is 0 Å². The number of rotatable bonds is 6. The van der Waals surface area contributed by atoms with E-state index < -0.39 is 0 Å². The lowest BCUT2D eigenvalue weighted by molar-refractivity contribution is -0.123. The Balaban J connectivity index is 2.22. The van der Waals surface area contributed by atoms with Gasteiger partial charge in [0.25, 0.3) is 0 Å². The van der Waals surface area contributed by atoms with Crippen molar-refractivity contribution in [2.45, 2.75) is 70.9 Å². The summed E-state index contributed by atoms with van der Waals surface area (Å²) in [7, 11) is 0. The predicted molar refractivity (Wildman–Crippen MR) is 67.1 cm³/mol. The maximum absolute atomic E-state index is 11.7. The molecule has 3 N–H and O–H groups in total. The van der Waals surface area contributed by atoms with Crippen molar-refractivity contribution in [1.29, 1.82) is 0 Å². The lowest BCUT2D eigenvalue weighted by Crippen LogP contribution is -2.50. The molecule has 1 amide bonds. The minimum atomic E-state index is -0.194. The minimum absolute atomic E-state index is 0.123. The Morgan fingerprint density at radius 1 is 1.44 bits per heavy atom. The summed E-state index contributed by atoms with van der Waals surface area (Å²) in [5, 5.41) is 3.05. The molecule has 16 heavy (non-hydrogen) atoms. The van der Waals surface area contributed by atoms with Gasteiger partial charge in [-0.3, -0.25) is 4.79 Å². The summed E-state index contributed by atoms with van der Waals surface area (Å²) in [6.07, 6.45) is 5.89. The van der Waals surface area contributed by atoms with Crippen LogP contribution in [0.3, 0.4) is 0 Å². The van der Waals surface area contributed by atoms with Crippen molar-refractivity contribution in [3.05, 3.63) is 0 Å². The first-order chi connectivity index (χ1) is 7.45. The predicted octanol–water partition coefficient (Wildman–Crippen LogP) is 2.20. The van der Waals surface area contributed by atoms with Crippen LogP contribution in [0, 0.1) is 5.92 Å². The van der Waals surface area contributed by atoms with Gasteiger partial charge < -0.3 is 11.1 Å². The van der Waals surface area contributed by atoms with Gasteiger partial charge in [-0.15, -0.1) is 0 Å². The number of carbonyl (C=O) groups is 1. The molecule has 0 aromatic heterocycles. The molecular formula is C13H26N2O. The molecule has 0 aliphatic heterocycles. The molecule has 0 heterocycles. The normalized spacial score (nSPS) is 22.0. The van der Waals surface area contributed by atoms with E-state index >= 15 is 0 Å². The van der Waals surface area contributed by atoms with E-state index in [1.54, 1.807) is 0 Å². The largest absolute Gasteiger partial charge is 0.354 e. The Morgan fingerprint density at radius 3 is 2.50 bits per heavy atom. The third-order valence-corrected chi connectivity index (χ3v) is 3.72. The lowest BCUT2D eigenvalue weighted by atomic mass is 9.75. The van der Waals surface area contributed by atoms with Gasteiger partial charge in [0, 0.05) is 18.0 Å². The summed E-state index contributed by atoms with van der Waals surface area (Å²) in [6.45, 7) is 6.48. The van der Waals surface area contributed by atoms with E-state index in [4.69, 9.17) is 5.73 Å². The first kappa shape index (κ1) is 13.5. The molecule has 2 atom stereocenters. The highest BCUT2D eigenvalue weighted by Gasteiger charge is 2.34. The molecule has 1 aliphatic rings. The molecule has 0 spiro atoms. The Morgan fingerprint density at radius 2 is 2.06 bits per heavy atom. The molecule has 1 fully saturated rings. The average molecular weight is 226 g/mol. The zero-order chi connectivity index (χ0) is 12.2. The molecule has 1 rings (SSSR count). The van der Waals surface area contributed by atoms with E-state index in [9.17, 15) is 4.79 Å². The Labute approximate surface area is 99.2 Å². The molecule has 1 aliphatic carbocycles. The quantitative estimate of drug-likeness (QED) is 0.729. The van der Waals surface area contributed by atoms with Gasteiger partial charge in [-0.05, 0) is 38.5 Å². The molecule has 2 unspecified atom stereocenters. The molecular weight excluding hydrogens is 200 g/mol. The van der Waals surface area contributed by atoms with Crippen LogP contribution in [0.2, 0.25) is 0 Å². The second-order valence-corrected chi connectivity index (χ2v) is 5.61. The van der Waals surface area contributed by atoms with Gasteiger partial charge in [-0.25, -0.2) is 0 Å². The lowest BCUT2D eigenvalue weighted by Gasteiger charge is -2.37. The highest BCUT2D eigenvalue weighted by molar-refractivity contribution is 5.77. The molecule has 0 bridgehead atoms. The van der Waals surface area contributed by atoms with Crippen LogP contribution in [0.25, 0.3) is 0 Å². The van der Waals surface area contributed by atoms with Gasteiger partial charge in [0.15, 0.2) is 0 Å². The van der Waals surface area contributed by atoms with Crippen molar-refractivity contribution in [3.63, 3.8) is 0 Å². The topological polar surface area (TPSA) is 55.1 Å². The molecule has 3 heteroatoms. The average Bonchev–Trinajstić information content (AvgIpc) is 2.14. The van der Waals surface area contributed by atoms with Gasteiger partial charge in [0.05, 0.1) is 0 Å². The summed E-state index contributed by atoms with van der Waals surface area (Å²) in [6, 6.07) is 0.270. The second-order valence-electron chi connectivity index (χ2n) is 5.61. The van der Waals surface area contributed by atoms with Crippen LogP contribution < -0.4 is 11.1 Å². The van der Waals surface area contributed by atoms with Gasteiger partial charge in [-0.1, -0.05) is 20.3 Å². The summed E-state index contributed by atoms with van der Waals surface area (Å²) >= 11 is 0. The maximum Gasteiger partial charge on any atom is 0.222 e. The van der Waals surface area contributed by atoms with Crippen LogP contribution in [0.5, 0.6) is 0 Å². The molecule has 0 saturated heterocycles. The van der Waals surface area contributed by atoms with Gasteiger partial charge in [0.1, 0.15) is 0 Å². The summed E-state index contributed by atoms with van der Waals surface area (Å²) in [4.78, 5) is 11.7. The Kier molecular flexibility index (Phi) is 4.78. The van der Waals surface area contributed by atoms with Crippen LogP contribution in [-0.4, -0.2) is 17.5 Å². The first-order valence-corrected chi connectivity index (χ1v) is 6.53. The van der Waals surface area contributed by atoms with Crippen LogP contribution in [0.15, 0.2) is 0 Å². The zero-order valence-electron chi connectivity index (χ0n) is 10.9. The smallest absolute Gasteiger partial charge is 0.222 e. The van der Waals surface area contributed by atoms with Gasteiger partial charge in [-0.2, -0.15) is 0 Å². The standard InChI is InChI=1S/C13H26N2O/c1-4-10(2)8-11(3)15-12(16)9-13(14)6-5-7-13/h10-11H,4-9,14H2,1-3H3,(H,15,16). The third-order valence-electron chi connectivity index (χ3n) is 3.72. The molecule has 3 nitrogen and oxygen atoms in total. The van der Waals surface area contributed by atoms with Crippen LogP contribution in [0.4, 0.5) is 0 Å².